The van der Waals surface area contributed by atoms with Gasteiger partial charge in [-0.3, -0.25) is 4.79 Å². The molecule has 0 saturated carbocycles. The maximum absolute atomic E-state index is 12.0. The Balaban J connectivity index is 1.85. The van der Waals surface area contributed by atoms with E-state index in [2.05, 4.69) is 10.1 Å². The van der Waals surface area contributed by atoms with Crippen LogP contribution < -0.4 is 5.32 Å². The Hall–Kier alpha value is -0.820. The average Bonchev–Trinajstić information content (AvgIpc) is 2.85. The van der Waals surface area contributed by atoms with Crippen LogP contribution in [0.25, 0.3) is 0 Å². The lowest BCUT2D eigenvalue weighted by molar-refractivity contribution is -0.178. The average molecular weight is 280 g/mol. The van der Waals surface area contributed by atoms with Gasteiger partial charge in [-0.2, -0.15) is 13.2 Å². The lowest BCUT2D eigenvalue weighted by Crippen LogP contribution is -2.41. The molecule has 3 unspecified atom stereocenters. The Kier molecular flexibility index (Phi) is 4.35. The van der Waals surface area contributed by atoms with Gasteiger partial charge in [0.15, 0.2) is 0 Å². The number of rotatable bonds is 4. The molecule has 3 atom stereocenters. The number of nitrogens with one attached hydrogen (secondary N) is 1. The highest BCUT2D eigenvalue weighted by Crippen LogP contribution is 2.34. The van der Waals surface area contributed by atoms with Crippen molar-refractivity contribution in [1.82, 2.24) is 10.2 Å². The Labute approximate surface area is 110 Å². The first kappa shape index (κ1) is 14.6. The molecule has 0 spiro atoms. The highest BCUT2D eigenvalue weighted by Gasteiger charge is 2.45. The Bertz CT molecular complexity index is 335. The molecule has 1 amide bonds. The summed E-state index contributed by atoms with van der Waals surface area (Å²) in [6.07, 6.45) is -3.55. The molecule has 0 radical (unpaired) electrons. The molecule has 0 bridgehead atoms. The molecule has 4 nitrogen and oxygen atoms in total. The fraction of sp³-hybridized carbons (Fsp3) is 0.917. The van der Waals surface area contributed by atoms with E-state index < -0.39 is 19.4 Å². The summed E-state index contributed by atoms with van der Waals surface area (Å²) in [6.45, 7) is 2.55. The molecule has 0 aromatic carbocycles. The van der Waals surface area contributed by atoms with Crippen LogP contribution in [-0.2, 0) is 9.53 Å². The molecular weight excluding hydrogens is 261 g/mol. The summed E-state index contributed by atoms with van der Waals surface area (Å²) in [6, 6.07) is 0.127. The van der Waals surface area contributed by atoms with Gasteiger partial charge in [0.25, 0.3) is 0 Å². The van der Waals surface area contributed by atoms with Crippen molar-refractivity contribution in [2.75, 3.05) is 32.8 Å². The fourth-order valence-corrected chi connectivity index (χ4v) is 3.17. The number of halogens is 3. The maximum Gasteiger partial charge on any atom is 0.411 e. The van der Waals surface area contributed by atoms with Gasteiger partial charge in [0, 0.05) is 25.7 Å². The van der Waals surface area contributed by atoms with Crippen LogP contribution in [0.2, 0.25) is 0 Å². The van der Waals surface area contributed by atoms with E-state index in [-0.39, 0.29) is 11.9 Å². The summed E-state index contributed by atoms with van der Waals surface area (Å²) in [5, 5.41) is 3.29. The minimum Gasteiger partial charge on any atom is -0.362 e. The monoisotopic (exact) mass is 280 g/mol. The number of hydrogen-bond acceptors (Lipinski definition) is 3. The van der Waals surface area contributed by atoms with E-state index in [1.54, 1.807) is 4.90 Å². The lowest BCUT2D eigenvalue weighted by Gasteiger charge is -2.27. The summed E-state index contributed by atoms with van der Waals surface area (Å²) in [7, 11) is 0. The maximum atomic E-state index is 12.0. The topological polar surface area (TPSA) is 41.6 Å². The third kappa shape index (κ3) is 3.39. The van der Waals surface area contributed by atoms with Crippen molar-refractivity contribution in [2.24, 2.45) is 11.8 Å². The number of carbonyl (C=O) groups excluding carboxylic acids is 1. The van der Waals surface area contributed by atoms with Crippen LogP contribution in [-0.4, -0.2) is 55.9 Å². The first-order valence-electron chi connectivity index (χ1n) is 6.57. The standard InChI is InChI=1S/C12H19F3N2O2/c1-2-10-9-4-16-3-8(9)5-17(10)11(18)6-19-7-12(13,14)15/h8-10,16H,2-7H2,1H3. The van der Waals surface area contributed by atoms with Crippen molar-refractivity contribution in [3.05, 3.63) is 0 Å². The van der Waals surface area contributed by atoms with E-state index in [0.29, 0.717) is 18.4 Å². The molecule has 110 valence electrons. The van der Waals surface area contributed by atoms with Gasteiger partial charge in [-0.15, -0.1) is 0 Å². The zero-order valence-corrected chi connectivity index (χ0v) is 10.9. The number of nitrogens with zero attached hydrogens (tertiary/aromatic N) is 1. The molecule has 2 fully saturated rings. The molecular formula is C12H19F3N2O2. The summed E-state index contributed by atoms with van der Waals surface area (Å²) in [4.78, 5) is 13.6. The van der Waals surface area contributed by atoms with Gasteiger partial charge >= 0.3 is 6.18 Å². The first-order valence-corrected chi connectivity index (χ1v) is 6.57. The van der Waals surface area contributed by atoms with E-state index in [4.69, 9.17) is 0 Å². The van der Waals surface area contributed by atoms with E-state index in [1.165, 1.54) is 0 Å². The number of carbonyl (C=O) groups is 1. The Morgan fingerprint density at radius 1 is 1.42 bits per heavy atom. The van der Waals surface area contributed by atoms with E-state index in [1.807, 2.05) is 6.92 Å². The summed E-state index contributed by atoms with van der Waals surface area (Å²) in [5.41, 5.74) is 0. The van der Waals surface area contributed by atoms with Crippen LogP contribution in [0.3, 0.4) is 0 Å². The van der Waals surface area contributed by atoms with Gasteiger partial charge in [0.2, 0.25) is 5.91 Å². The third-order valence-electron chi connectivity index (χ3n) is 3.95. The first-order chi connectivity index (χ1) is 8.92. The van der Waals surface area contributed by atoms with Gasteiger partial charge < -0.3 is 15.0 Å². The predicted molar refractivity (Wildman–Crippen MR) is 62.5 cm³/mol. The molecule has 0 aromatic rings. The van der Waals surface area contributed by atoms with Gasteiger partial charge in [-0.25, -0.2) is 0 Å². The molecule has 2 aliphatic rings. The normalized spacial score (nSPS) is 30.7. The van der Waals surface area contributed by atoms with Crippen molar-refractivity contribution >= 4 is 5.91 Å². The second kappa shape index (κ2) is 5.66. The molecule has 19 heavy (non-hydrogen) atoms. The number of fused-ring (bicyclic) bond motifs is 1. The lowest BCUT2D eigenvalue weighted by atomic mass is 9.93. The number of likely N-dealkylation sites (tertiary alicyclic amines) is 1. The molecule has 1 N–H and O–H groups in total. The van der Waals surface area contributed by atoms with Gasteiger partial charge in [0.05, 0.1) is 0 Å². The van der Waals surface area contributed by atoms with Crippen LogP contribution in [0, 0.1) is 11.8 Å². The second-order valence-electron chi connectivity index (χ2n) is 5.21. The van der Waals surface area contributed by atoms with E-state index >= 15 is 0 Å². The van der Waals surface area contributed by atoms with Crippen LogP contribution in [0.15, 0.2) is 0 Å². The minimum atomic E-state index is -4.38. The summed E-state index contributed by atoms with van der Waals surface area (Å²) < 4.78 is 40.3. The molecule has 2 saturated heterocycles. The zero-order chi connectivity index (χ0) is 14.0. The Morgan fingerprint density at radius 3 is 2.79 bits per heavy atom. The SMILES string of the molecule is CCC1C2CNCC2CN1C(=O)COCC(F)(F)F. The van der Waals surface area contributed by atoms with Crippen LogP contribution in [0.5, 0.6) is 0 Å². The van der Waals surface area contributed by atoms with Gasteiger partial charge in [0.1, 0.15) is 13.2 Å². The minimum absolute atomic E-state index is 0.127. The fourth-order valence-electron chi connectivity index (χ4n) is 3.17. The summed E-state index contributed by atoms with van der Waals surface area (Å²) >= 11 is 0. The van der Waals surface area contributed by atoms with Gasteiger partial charge in [-0.05, 0) is 18.3 Å². The number of hydrogen-bond donors (Lipinski definition) is 1. The molecule has 0 aromatic heterocycles. The molecule has 2 rings (SSSR count). The molecule has 7 heteroatoms. The van der Waals surface area contributed by atoms with Crippen molar-refractivity contribution in [2.45, 2.75) is 25.6 Å². The molecule has 2 heterocycles. The second-order valence-corrected chi connectivity index (χ2v) is 5.21. The highest BCUT2D eigenvalue weighted by atomic mass is 19.4. The number of alkyl halides is 3. The van der Waals surface area contributed by atoms with E-state index in [9.17, 15) is 18.0 Å². The van der Waals surface area contributed by atoms with Crippen LogP contribution in [0.1, 0.15) is 13.3 Å². The van der Waals surface area contributed by atoms with Crippen molar-refractivity contribution in [3.8, 4) is 0 Å². The largest absolute Gasteiger partial charge is 0.411 e. The quantitative estimate of drug-likeness (QED) is 0.836. The van der Waals surface area contributed by atoms with Crippen molar-refractivity contribution in [3.63, 3.8) is 0 Å². The molecule has 2 aliphatic heterocycles. The van der Waals surface area contributed by atoms with E-state index in [0.717, 1.165) is 19.5 Å². The highest BCUT2D eigenvalue weighted by molar-refractivity contribution is 5.78. The van der Waals surface area contributed by atoms with Gasteiger partial charge in [-0.1, -0.05) is 6.92 Å². The smallest absolute Gasteiger partial charge is 0.362 e. The van der Waals surface area contributed by atoms with Crippen molar-refractivity contribution in [1.29, 1.82) is 0 Å². The number of amides is 1. The van der Waals surface area contributed by atoms with Crippen molar-refractivity contribution < 1.29 is 22.7 Å². The van der Waals surface area contributed by atoms with Crippen LogP contribution >= 0.6 is 0 Å². The zero-order valence-electron chi connectivity index (χ0n) is 10.9. The van der Waals surface area contributed by atoms with Crippen LogP contribution in [0.4, 0.5) is 13.2 Å². The Morgan fingerprint density at radius 2 is 2.16 bits per heavy atom. The number of ether oxygens (including phenoxy) is 1. The predicted octanol–water partition coefficient (Wildman–Crippen LogP) is 1.02. The molecule has 0 aliphatic carbocycles. The third-order valence-corrected chi connectivity index (χ3v) is 3.95. The summed E-state index contributed by atoms with van der Waals surface area (Å²) in [5.74, 6) is 0.526.